The predicted octanol–water partition coefficient (Wildman–Crippen LogP) is 3.05. The van der Waals surface area contributed by atoms with Crippen molar-refractivity contribution in [2.75, 3.05) is 0 Å². The lowest BCUT2D eigenvalue weighted by atomic mass is 10.2. The molecule has 3 rings (SSSR count). The van der Waals surface area contributed by atoms with Crippen LogP contribution in [0.15, 0.2) is 22.7 Å². The van der Waals surface area contributed by atoms with E-state index in [0.717, 1.165) is 18.7 Å². The highest BCUT2D eigenvalue weighted by atomic mass is 35.5. The van der Waals surface area contributed by atoms with Crippen molar-refractivity contribution >= 4 is 11.6 Å². The van der Waals surface area contributed by atoms with E-state index in [1.165, 1.54) is 0 Å². The first-order valence-electron chi connectivity index (χ1n) is 5.91. The van der Waals surface area contributed by atoms with Crippen LogP contribution in [0.2, 0.25) is 5.02 Å². The van der Waals surface area contributed by atoms with Gasteiger partial charge in [-0.05, 0) is 25.0 Å². The van der Waals surface area contributed by atoms with E-state index in [4.69, 9.17) is 26.1 Å². The number of nitrogens with zero attached hydrogens (tertiary/aromatic N) is 3. The fraction of sp³-hybridized carbons (Fsp3) is 0.308. The van der Waals surface area contributed by atoms with Crippen molar-refractivity contribution in [2.24, 2.45) is 0 Å². The zero-order valence-electron chi connectivity index (χ0n) is 9.97. The normalized spacial score (nSPS) is 14.1. The first-order valence-corrected chi connectivity index (χ1v) is 6.29. The fourth-order valence-corrected chi connectivity index (χ4v) is 1.87. The van der Waals surface area contributed by atoms with Crippen LogP contribution in [0.25, 0.3) is 0 Å². The minimum absolute atomic E-state index is 0.196. The number of rotatable bonds is 4. The van der Waals surface area contributed by atoms with Gasteiger partial charge in [0.25, 0.3) is 5.89 Å². The van der Waals surface area contributed by atoms with E-state index in [1.807, 2.05) is 6.07 Å². The summed E-state index contributed by atoms with van der Waals surface area (Å²) in [6.07, 6.45) is 2.26. The Morgan fingerprint density at radius 2 is 2.32 bits per heavy atom. The molecule has 1 saturated carbocycles. The number of hydrogen-bond donors (Lipinski definition) is 0. The Labute approximate surface area is 114 Å². The molecular formula is C13H10ClN3O2. The molecule has 1 aromatic carbocycles. The molecule has 0 bridgehead atoms. The van der Waals surface area contributed by atoms with E-state index < -0.39 is 0 Å². The summed E-state index contributed by atoms with van der Waals surface area (Å²) in [6.45, 7) is 0.196. The standard InChI is InChI=1S/C13H10ClN3O2/c14-11-5-10(4-3-9(11)6-15)18-7-12-16-13(17-19-12)8-1-2-8/h3-5,8H,1-2,7H2. The summed E-state index contributed by atoms with van der Waals surface area (Å²) in [6, 6.07) is 6.88. The van der Waals surface area contributed by atoms with Gasteiger partial charge in [0.15, 0.2) is 12.4 Å². The number of aromatic nitrogens is 2. The van der Waals surface area contributed by atoms with Crippen molar-refractivity contribution in [3.63, 3.8) is 0 Å². The number of hydrogen-bond acceptors (Lipinski definition) is 5. The summed E-state index contributed by atoms with van der Waals surface area (Å²) in [5.74, 6) is 2.23. The van der Waals surface area contributed by atoms with E-state index in [0.29, 0.717) is 28.1 Å². The molecule has 1 aromatic heterocycles. The van der Waals surface area contributed by atoms with Crippen molar-refractivity contribution in [1.82, 2.24) is 10.1 Å². The van der Waals surface area contributed by atoms with Crippen LogP contribution in [0.4, 0.5) is 0 Å². The Morgan fingerprint density at radius 1 is 1.47 bits per heavy atom. The van der Waals surface area contributed by atoms with Crippen molar-refractivity contribution < 1.29 is 9.26 Å². The summed E-state index contributed by atoms with van der Waals surface area (Å²) in [5.41, 5.74) is 0.419. The predicted molar refractivity (Wildman–Crippen MR) is 66.8 cm³/mol. The van der Waals surface area contributed by atoms with E-state index in [2.05, 4.69) is 10.1 Å². The summed E-state index contributed by atoms with van der Waals surface area (Å²) in [4.78, 5) is 4.26. The van der Waals surface area contributed by atoms with Gasteiger partial charge in [0.1, 0.15) is 11.8 Å². The highest BCUT2D eigenvalue weighted by Crippen LogP contribution is 2.38. The van der Waals surface area contributed by atoms with Crippen molar-refractivity contribution in [1.29, 1.82) is 5.26 Å². The van der Waals surface area contributed by atoms with Gasteiger partial charge >= 0.3 is 0 Å². The second-order valence-corrected chi connectivity index (χ2v) is 4.77. The molecule has 19 heavy (non-hydrogen) atoms. The maximum Gasteiger partial charge on any atom is 0.264 e. The van der Waals surface area contributed by atoms with Gasteiger partial charge in [0, 0.05) is 12.0 Å². The smallest absolute Gasteiger partial charge is 0.264 e. The number of nitriles is 1. The van der Waals surface area contributed by atoms with Gasteiger partial charge in [-0.15, -0.1) is 0 Å². The summed E-state index contributed by atoms with van der Waals surface area (Å²) in [5, 5.41) is 13.0. The van der Waals surface area contributed by atoms with Crippen molar-refractivity contribution in [3.8, 4) is 11.8 Å². The van der Waals surface area contributed by atoms with Crippen molar-refractivity contribution in [3.05, 3.63) is 40.5 Å². The second-order valence-electron chi connectivity index (χ2n) is 4.36. The van der Waals surface area contributed by atoms with Gasteiger partial charge in [-0.1, -0.05) is 16.8 Å². The molecule has 0 saturated heterocycles. The van der Waals surface area contributed by atoms with Crippen LogP contribution in [-0.4, -0.2) is 10.1 Å². The Kier molecular flexibility index (Phi) is 3.10. The molecule has 0 spiro atoms. The zero-order valence-corrected chi connectivity index (χ0v) is 10.7. The third-order valence-electron chi connectivity index (χ3n) is 2.85. The Morgan fingerprint density at radius 3 is 3.00 bits per heavy atom. The Bertz CT molecular complexity index is 644. The zero-order chi connectivity index (χ0) is 13.2. The lowest BCUT2D eigenvalue weighted by Gasteiger charge is -2.03. The molecular weight excluding hydrogens is 266 g/mol. The van der Waals surface area contributed by atoms with Gasteiger partial charge in [-0.25, -0.2) is 0 Å². The average molecular weight is 276 g/mol. The summed E-state index contributed by atoms with van der Waals surface area (Å²) >= 11 is 5.91. The highest BCUT2D eigenvalue weighted by molar-refractivity contribution is 6.31. The quantitative estimate of drug-likeness (QED) is 0.857. The van der Waals surface area contributed by atoms with Gasteiger partial charge in [0.2, 0.25) is 0 Å². The molecule has 0 aliphatic heterocycles. The van der Waals surface area contributed by atoms with Crippen LogP contribution in [0, 0.1) is 11.3 Å². The van der Waals surface area contributed by atoms with E-state index in [9.17, 15) is 0 Å². The monoisotopic (exact) mass is 275 g/mol. The third-order valence-corrected chi connectivity index (χ3v) is 3.16. The van der Waals surface area contributed by atoms with Gasteiger partial charge in [-0.3, -0.25) is 0 Å². The van der Waals surface area contributed by atoms with Gasteiger partial charge < -0.3 is 9.26 Å². The lowest BCUT2D eigenvalue weighted by molar-refractivity contribution is 0.242. The maximum atomic E-state index is 8.77. The van der Waals surface area contributed by atoms with Crippen LogP contribution < -0.4 is 4.74 Å². The number of halogens is 1. The molecule has 1 aliphatic rings. The molecule has 1 heterocycles. The minimum atomic E-state index is 0.196. The Hall–Kier alpha value is -2.06. The fourth-order valence-electron chi connectivity index (χ4n) is 1.66. The van der Waals surface area contributed by atoms with E-state index in [-0.39, 0.29) is 6.61 Å². The molecule has 0 unspecified atom stereocenters. The molecule has 0 radical (unpaired) electrons. The number of ether oxygens (including phenoxy) is 1. The molecule has 96 valence electrons. The molecule has 1 fully saturated rings. The molecule has 1 aliphatic carbocycles. The molecule has 2 aromatic rings. The molecule has 0 N–H and O–H groups in total. The second kappa shape index (κ2) is 4.90. The molecule has 5 nitrogen and oxygen atoms in total. The van der Waals surface area contributed by atoms with E-state index in [1.54, 1.807) is 18.2 Å². The third kappa shape index (κ3) is 2.69. The van der Waals surface area contributed by atoms with Gasteiger partial charge in [0.05, 0.1) is 10.6 Å². The van der Waals surface area contributed by atoms with Crippen LogP contribution in [-0.2, 0) is 6.61 Å². The molecule has 0 atom stereocenters. The number of benzene rings is 1. The van der Waals surface area contributed by atoms with Crippen LogP contribution in [0.1, 0.15) is 36.0 Å². The topological polar surface area (TPSA) is 71.9 Å². The van der Waals surface area contributed by atoms with Gasteiger partial charge in [-0.2, -0.15) is 10.2 Å². The van der Waals surface area contributed by atoms with Crippen LogP contribution in [0.3, 0.4) is 0 Å². The largest absolute Gasteiger partial charge is 0.484 e. The average Bonchev–Trinajstić information content (AvgIpc) is 3.16. The lowest BCUT2D eigenvalue weighted by Crippen LogP contribution is -1.96. The van der Waals surface area contributed by atoms with E-state index >= 15 is 0 Å². The molecule has 6 heteroatoms. The van der Waals surface area contributed by atoms with Crippen LogP contribution in [0.5, 0.6) is 5.75 Å². The van der Waals surface area contributed by atoms with Crippen LogP contribution >= 0.6 is 11.6 Å². The Balaban J connectivity index is 1.64. The summed E-state index contributed by atoms with van der Waals surface area (Å²) in [7, 11) is 0. The summed E-state index contributed by atoms with van der Waals surface area (Å²) < 4.78 is 10.6. The maximum absolute atomic E-state index is 8.77. The SMILES string of the molecule is N#Cc1ccc(OCc2nc(C3CC3)no2)cc1Cl. The minimum Gasteiger partial charge on any atom is -0.484 e. The first kappa shape index (κ1) is 12.0. The van der Waals surface area contributed by atoms with Crippen molar-refractivity contribution in [2.45, 2.75) is 25.4 Å². The highest BCUT2D eigenvalue weighted by Gasteiger charge is 2.28. The molecule has 0 amide bonds. The first-order chi connectivity index (χ1) is 9.26.